The van der Waals surface area contributed by atoms with E-state index in [2.05, 4.69) is 44.9 Å². The number of hydrogen-bond acceptors (Lipinski definition) is 8. The summed E-state index contributed by atoms with van der Waals surface area (Å²) in [6.07, 6.45) is 12.7. The molecule has 4 N–H and O–H groups in total. The summed E-state index contributed by atoms with van der Waals surface area (Å²) in [6, 6.07) is 25.8. The van der Waals surface area contributed by atoms with Gasteiger partial charge in [-0.05, 0) is 91.9 Å². The molecule has 0 radical (unpaired) electrons. The fraction of sp³-hybridized carbons (Fsp3) is 0.429. The Balaban J connectivity index is 0.846. The summed E-state index contributed by atoms with van der Waals surface area (Å²) in [5, 5.41) is 5.52. The van der Waals surface area contributed by atoms with Crippen LogP contribution >= 0.6 is 0 Å². The molecule has 3 aromatic carbocycles. The molecule has 2 aliphatic heterocycles. The van der Waals surface area contributed by atoms with E-state index in [4.69, 9.17) is 19.4 Å². The summed E-state index contributed by atoms with van der Waals surface area (Å²) < 4.78 is 9.74. The van der Waals surface area contributed by atoms with Crippen LogP contribution in [0.2, 0.25) is 0 Å². The molecule has 5 aliphatic rings. The predicted molar refractivity (Wildman–Crippen MR) is 235 cm³/mol. The smallest absolute Gasteiger partial charge is 0.407 e. The van der Waals surface area contributed by atoms with E-state index in [1.807, 2.05) is 82.9 Å². The summed E-state index contributed by atoms with van der Waals surface area (Å²) in [4.78, 5) is 73.3. The highest BCUT2D eigenvalue weighted by Gasteiger charge is 2.51. The maximum Gasteiger partial charge on any atom is 0.407 e. The van der Waals surface area contributed by atoms with E-state index in [0.29, 0.717) is 25.1 Å². The Labute approximate surface area is 367 Å². The number of alkyl carbamates (subject to hydrolysis) is 2. The van der Waals surface area contributed by atoms with Gasteiger partial charge in [0.15, 0.2) is 0 Å². The number of H-pyrrole nitrogens is 2. The van der Waals surface area contributed by atoms with Gasteiger partial charge in [0.2, 0.25) is 5.91 Å². The lowest BCUT2D eigenvalue weighted by Crippen LogP contribution is -2.49. The van der Waals surface area contributed by atoms with Gasteiger partial charge in [-0.15, -0.1) is 0 Å². The number of amides is 4. The van der Waals surface area contributed by atoms with Crippen LogP contribution in [0.25, 0.3) is 11.3 Å². The first-order chi connectivity index (χ1) is 30.7. The topological polar surface area (TPSA) is 175 Å². The second-order valence-electron chi connectivity index (χ2n) is 17.7. The highest BCUT2D eigenvalue weighted by molar-refractivity contribution is 5.88. The lowest BCUT2D eigenvalue weighted by molar-refractivity contribution is -0.135. The Morgan fingerprint density at radius 2 is 1.24 bits per heavy atom. The van der Waals surface area contributed by atoms with Crippen molar-refractivity contribution in [1.29, 1.82) is 0 Å². The van der Waals surface area contributed by atoms with E-state index < -0.39 is 24.3 Å². The van der Waals surface area contributed by atoms with Crippen LogP contribution in [-0.2, 0) is 36.3 Å². The molecule has 0 unspecified atom stereocenters. The van der Waals surface area contributed by atoms with Gasteiger partial charge in [-0.25, -0.2) is 19.6 Å². The second-order valence-corrected chi connectivity index (χ2v) is 17.7. The van der Waals surface area contributed by atoms with Crippen LogP contribution in [0.5, 0.6) is 0 Å². The highest BCUT2D eigenvalue weighted by Crippen LogP contribution is 2.58. The Bertz CT molecular complexity index is 2390. The molecule has 5 aromatic rings. The fourth-order valence-corrected chi connectivity index (χ4v) is 10.8. The van der Waals surface area contributed by atoms with Crippen molar-refractivity contribution >= 4 is 24.0 Å². The standard InChI is InChI=1S/C49H56N8O6/c1-62-46(60)53-36(29-32-11-5-3-6-12-32)44(58)56-27-9-16-39(56)43-51-31-40(54-43)49-24-21-48(22-25-49,23-26-49)35-19-17-33(18-20-35)37-30-50-42(52-37)38-15-10-28-57(38)45(59)41(55-47(61)63-2)34-13-7-4-8-14-34/h3-8,11-14,17-20,30-31,36,38-39,41H,9-10,15-16,21-29H2,1-2H3,(H,50,52)(H,51,54)(H,53,60)(H,55,61)/t36-,38+,39+,41-,48?,49?/m1/s1. The van der Waals surface area contributed by atoms with Crippen LogP contribution < -0.4 is 10.6 Å². The SMILES string of the molecule is COC(=O)N[C@H](Cc1ccccc1)C(=O)N1CCC[C@H]1c1ncc(C23CCC(c4ccc(-c5cnc([C@@H]6CCCN6C(=O)[C@H](NC(=O)OC)c6ccccc6)[nH]5)cc4)(CC2)CC3)[nH]1. The number of nitrogens with zero attached hydrogens (tertiary/aromatic N) is 4. The minimum atomic E-state index is -0.870. The van der Waals surface area contributed by atoms with E-state index in [1.165, 1.54) is 25.5 Å². The number of nitrogens with one attached hydrogen (secondary N) is 4. The van der Waals surface area contributed by atoms with Gasteiger partial charge < -0.3 is 39.9 Å². The molecule has 4 atom stereocenters. The highest BCUT2D eigenvalue weighted by atomic mass is 16.5. The van der Waals surface area contributed by atoms with Crippen molar-refractivity contribution in [2.24, 2.45) is 0 Å². The van der Waals surface area contributed by atoms with Crippen LogP contribution in [0.1, 0.15) is 116 Å². The molecule has 4 heterocycles. The number of aromatic nitrogens is 4. The van der Waals surface area contributed by atoms with E-state index >= 15 is 0 Å². The zero-order valence-electron chi connectivity index (χ0n) is 36.0. The summed E-state index contributed by atoms with van der Waals surface area (Å²) in [5.41, 5.74) is 6.28. The molecule has 2 aromatic heterocycles. The van der Waals surface area contributed by atoms with Crippen molar-refractivity contribution in [2.75, 3.05) is 27.3 Å². The molecular formula is C49H56N8O6. The molecule has 5 fully saturated rings. The van der Waals surface area contributed by atoms with Crippen molar-refractivity contribution in [3.63, 3.8) is 0 Å². The number of aromatic amines is 2. The Hall–Kier alpha value is -6.44. The molecule has 0 spiro atoms. The lowest BCUT2D eigenvalue weighted by Gasteiger charge is -2.53. The maximum absolute atomic E-state index is 14.1. The molecule has 63 heavy (non-hydrogen) atoms. The molecule has 14 nitrogen and oxygen atoms in total. The summed E-state index contributed by atoms with van der Waals surface area (Å²) >= 11 is 0. The third kappa shape index (κ3) is 8.30. The normalized spacial score (nSPS) is 23.8. The van der Waals surface area contributed by atoms with Gasteiger partial charge in [0.1, 0.15) is 23.7 Å². The minimum absolute atomic E-state index is 0.0287. The van der Waals surface area contributed by atoms with Gasteiger partial charge in [-0.2, -0.15) is 0 Å². The van der Waals surface area contributed by atoms with Gasteiger partial charge in [-0.3, -0.25) is 9.59 Å². The largest absolute Gasteiger partial charge is 0.453 e. The molecule has 4 amide bonds. The molecule has 3 aliphatic carbocycles. The van der Waals surface area contributed by atoms with Crippen LogP contribution in [0, 0.1) is 0 Å². The molecule has 10 rings (SSSR count). The molecule has 328 valence electrons. The molecule has 2 saturated heterocycles. The molecule has 14 heteroatoms. The van der Waals surface area contributed by atoms with Gasteiger partial charge >= 0.3 is 12.2 Å². The average Bonchev–Trinajstić information content (AvgIpc) is 4.19. The maximum atomic E-state index is 14.1. The van der Waals surface area contributed by atoms with Crippen LogP contribution in [0.4, 0.5) is 9.59 Å². The van der Waals surface area contributed by atoms with Gasteiger partial charge in [0.25, 0.3) is 5.91 Å². The number of likely N-dealkylation sites (tertiary alicyclic amines) is 2. The Morgan fingerprint density at radius 1 is 0.683 bits per heavy atom. The zero-order valence-corrected chi connectivity index (χ0v) is 36.0. The second kappa shape index (κ2) is 17.7. The van der Waals surface area contributed by atoms with E-state index in [9.17, 15) is 19.2 Å². The van der Waals surface area contributed by atoms with Crippen LogP contribution in [0.3, 0.4) is 0 Å². The first kappa shape index (κ1) is 41.9. The van der Waals surface area contributed by atoms with Crippen molar-refractivity contribution in [3.8, 4) is 11.3 Å². The van der Waals surface area contributed by atoms with E-state index in [-0.39, 0.29) is 34.7 Å². The average molecular weight is 853 g/mol. The Kier molecular flexibility index (Phi) is 11.8. The number of fused-ring (bicyclic) bond motifs is 3. The number of methoxy groups -OCH3 is 2. The van der Waals surface area contributed by atoms with Crippen molar-refractivity contribution < 1.29 is 28.7 Å². The number of carbonyl (C=O) groups excluding carboxylic acids is 4. The number of ether oxygens (including phenoxy) is 2. The summed E-state index contributed by atoms with van der Waals surface area (Å²) in [5.74, 6) is 1.23. The van der Waals surface area contributed by atoms with Crippen molar-refractivity contribution in [1.82, 2.24) is 40.4 Å². The number of imidazole rings is 2. The molecule has 3 saturated carbocycles. The minimum Gasteiger partial charge on any atom is -0.453 e. The van der Waals surface area contributed by atoms with Gasteiger partial charge in [0, 0.05) is 36.8 Å². The number of carbonyl (C=O) groups is 4. The first-order valence-electron chi connectivity index (χ1n) is 22.3. The van der Waals surface area contributed by atoms with Gasteiger partial charge in [-0.1, -0.05) is 84.9 Å². The van der Waals surface area contributed by atoms with E-state index in [1.54, 1.807) is 0 Å². The van der Waals surface area contributed by atoms with Crippen LogP contribution in [-0.4, -0.2) is 87.1 Å². The van der Waals surface area contributed by atoms with Crippen molar-refractivity contribution in [3.05, 3.63) is 131 Å². The number of hydrogen-bond donors (Lipinski definition) is 4. The third-order valence-electron chi connectivity index (χ3n) is 14.4. The Morgan fingerprint density at radius 3 is 1.87 bits per heavy atom. The van der Waals surface area contributed by atoms with E-state index in [0.717, 1.165) is 92.7 Å². The summed E-state index contributed by atoms with van der Waals surface area (Å²) in [6.45, 7) is 1.17. The zero-order chi connectivity index (χ0) is 43.6. The predicted octanol–water partition coefficient (Wildman–Crippen LogP) is 7.74. The lowest BCUT2D eigenvalue weighted by atomic mass is 9.51. The number of rotatable bonds is 12. The van der Waals surface area contributed by atoms with Crippen LogP contribution in [0.15, 0.2) is 97.3 Å². The van der Waals surface area contributed by atoms with Crippen molar-refractivity contribution in [2.45, 2.75) is 106 Å². The van der Waals surface area contributed by atoms with Gasteiger partial charge in [0.05, 0.1) is 38.2 Å². The first-order valence-corrected chi connectivity index (χ1v) is 22.3. The fourth-order valence-electron chi connectivity index (χ4n) is 10.8. The monoisotopic (exact) mass is 852 g/mol. The third-order valence-corrected chi connectivity index (χ3v) is 14.4. The quantitative estimate of drug-likeness (QED) is 0.0987. The molecular weight excluding hydrogens is 797 g/mol. The molecule has 2 bridgehead atoms. The number of benzene rings is 3. The summed E-state index contributed by atoms with van der Waals surface area (Å²) in [7, 11) is 2.60.